The van der Waals surface area contributed by atoms with Gasteiger partial charge in [-0.3, -0.25) is 4.90 Å². The number of unbranched alkanes of at least 4 members (excludes halogenated alkanes) is 1. The zero-order valence-electron chi connectivity index (χ0n) is 8.87. The Morgan fingerprint density at radius 1 is 1.38 bits per heavy atom. The van der Waals surface area contributed by atoms with Crippen molar-refractivity contribution in [1.82, 2.24) is 4.90 Å². The Bertz CT molecular complexity index is 197. The normalized spacial score (nSPS) is 38.5. The van der Waals surface area contributed by atoms with Gasteiger partial charge in [-0.2, -0.15) is 0 Å². The lowest BCUT2D eigenvalue weighted by atomic mass is 9.76. The molecule has 3 atom stereocenters. The summed E-state index contributed by atoms with van der Waals surface area (Å²) in [6.07, 6.45) is 10.5. The van der Waals surface area contributed by atoms with Crippen molar-refractivity contribution in [2.24, 2.45) is 11.8 Å². The van der Waals surface area contributed by atoms with E-state index in [0.29, 0.717) is 0 Å². The van der Waals surface area contributed by atoms with Gasteiger partial charge in [0.2, 0.25) is 0 Å². The molecule has 2 heterocycles. The third kappa shape index (κ3) is 1.80. The molecule has 0 spiro atoms. The van der Waals surface area contributed by atoms with Crippen molar-refractivity contribution in [2.45, 2.75) is 38.6 Å². The first-order chi connectivity index (χ1) is 6.31. The van der Waals surface area contributed by atoms with E-state index in [-0.39, 0.29) is 0 Å². The third-order valence-corrected chi connectivity index (χ3v) is 3.63. The quantitative estimate of drug-likeness (QED) is 0.602. The Hall–Kier alpha value is -0.300. The first kappa shape index (κ1) is 9.26. The molecule has 0 aromatic carbocycles. The zero-order valence-corrected chi connectivity index (χ0v) is 8.87. The lowest BCUT2D eigenvalue weighted by Gasteiger charge is -2.45. The van der Waals surface area contributed by atoms with Crippen LogP contribution in [-0.2, 0) is 0 Å². The van der Waals surface area contributed by atoms with Gasteiger partial charge in [-0.1, -0.05) is 31.9 Å². The number of nitrogens with zero attached hydrogens (tertiary/aromatic N) is 1. The third-order valence-electron chi connectivity index (χ3n) is 3.63. The van der Waals surface area contributed by atoms with Crippen LogP contribution in [0, 0.1) is 11.8 Å². The molecule has 0 saturated carbocycles. The minimum absolute atomic E-state index is 0.761. The SMILES string of the molecule is CCCCC1CC2C=CC1N(C)C2. The molecule has 1 aliphatic carbocycles. The standard InChI is InChI=1S/C12H21N/c1-3-4-5-11-8-10-6-7-12(11)13(2)9-10/h6-7,10-12H,3-5,8-9H2,1-2H3. The highest BCUT2D eigenvalue weighted by atomic mass is 15.1. The monoisotopic (exact) mass is 179 g/mol. The maximum absolute atomic E-state index is 2.54. The van der Waals surface area contributed by atoms with Crippen molar-refractivity contribution < 1.29 is 0 Å². The van der Waals surface area contributed by atoms with Gasteiger partial charge in [0.15, 0.2) is 0 Å². The summed E-state index contributed by atoms with van der Waals surface area (Å²) in [5.74, 6) is 1.81. The van der Waals surface area contributed by atoms with E-state index < -0.39 is 0 Å². The van der Waals surface area contributed by atoms with Crippen molar-refractivity contribution in [2.75, 3.05) is 13.6 Å². The predicted octanol–water partition coefficient (Wildman–Crippen LogP) is 2.68. The lowest BCUT2D eigenvalue weighted by Crippen LogP contribution is -2.48. The second-order valence-electron chi connectivity index (χ2n) is 4.71. The Labute approximate surface area is 81.8 Å². The van der Waals surface area contributed by atoms with Crippen LogP contribution in [0.3, 0.4) is 0 Å². The molecule has 0 aromatic heterocycles. The minimum atomic E-state index is 0.761. The molecule has 1 nitrogen and oxygen atoms in total. The molecule has 3 aliphatic rings. The van der Waals surface area contributed by atoms with Crippen LogP contribution in [0.4, 0.5) is 0 Å². The fourth-order valence-corrected chi connectivity index (χ4v) is 2.92. The van der Waals surface area contributed by atoms with Crippen molar-refractivity contribution in [1.29, 1.82) is 0 Å². The van der Waals surface area contributed by atoms with Crippen molar-refractivity contribution in [3.8, 4) is 0 Å². The number of hydrogen-bond donors (Lipinski definition) is 0. The van der Waals surface area contributed by atoms with Crippen LogP contribution in [0.25, 0.3) is 0 Å². The van der Waals surface area contributed by atoms with Crippen molar-refractivity contribution in [3.05, 3.63) is 12.2 Å². The molecule has 3 rings (SSSR count). The van der Waals surface area contributed by atoms with Gasteiger partial charge in [-0.05, 0) is 31.7 Å². The smallest absolute Gasteiger partial charge is 0.0303 e. The van der Waals surface area contributed by atoms with Gasteiger partial charge in [0.05, 0.1) is 0 Å². The predicted molar refractivity (Wildman–Crippen MR) is 56.7 cm³/mol. The number of hydrogen-bond acceptors (Lipinski definition) is 1. The maximum atomic E-state index is 2.54. The molecule has 13 heavy (non-hydrogen) atoms. The average molecular weight is 179 g/mol. The summed E-state index contributed by atoms with van der Waals surface area (Å²) >= 11 is 0. The fourth-order valence-electron chi connectivity index (χ4n) is 2.92. The Kier molecular flexibility index (Phi) is 2.73. The summed E-state index contributed by atoms with van der Waals surface area (Å²) in [5.41, 5.74) is 0. The van der Waals surface area contributed by atoms with E-state index in [9.17, 15) is 0 Å². The summed E-state index contributed by atoms with van der Waals surface area (Å²) in [6.45, 7) is 3.59. The van der Waals surface area contributed by atoms with Crippen LogP contribution in [0.1, 0.15) is 32.6 Å². The molecule has 0 N–H and O–H groups in total. The number of likely N-dealkylation sites (N-methyl/N-ethyl adjacent to an activating group) is 1. The number of piperidine rings is 1. The topological polar surface area (TPSA) is 3.24 Å². The van der Waals surface area contributed by atoms with Crippen molar-refractivity contribution >= 4 is 0 Å². The van der Waals surface area contributed by atoms with E-state index in [2.05, 4.69) is 31.0 Å². The van der Waals surface area contributed by atoms with Crippen molar-refractivity contribution in [3.63, 3.8) is 0 Å². The highest BCUT2D eigenvalue weighted by molar-refractivity contribution is 5.10. The highest BCUT2D eigenvalue weighted by Gasteiger charge is 2.34. The van der Waals surface area contributed by atoms with Gasteiger partial charge in [-0.25, -0.2) is 0 Å². The second-order valence-corrected chi connectivity index (χ2v) is 4.71. The number of rotatable bonds is 3. The van der Waals surface area contributed by atoms with Crippen LogP contribution in [0.15, 0.2) is 12.2 Å². The molecule has 1 fully saturated rings. The second kappa shape index (κ2) is 3.83. The summed E-state index contributed by atoms with van der Waals surface area (Å²) in [6, 6.07) is 0.761. The van der Waals surface area contributed by atoms with Crippen LogP contribution < -0.4 is 0 Å². The summed E-state index contributed by atoms with van der Waals surface area (Å²) in [5, 5.41) is 0. The molecule has 1 saturated heterocycles. The highest BCUT2D eigenvalue weighted by Crippen LogP contribution is 2.35. The summed E-state index contributed by atoms with van der Waals surface area (Å²) in [4.78, 5) is 2.54. The van der Waals surface area contributed by atoms with Gasteiger partial charge >= 0.3 is 0 Å². The van der Waals surface area contributed by atoms with E-state index in [1.54, 1.807) is 0 Å². The molecule has 3 unspecified atom stereocenters. The van der Waals surface area contributed by atoms with Gasteiger partial charge in [-0.15, -0.1) is 0 Å². The fraction of sp³-hybridized carbons (Fsp3) is 0.833. The summed E-state index contributed by atoms with van der Waals surface area (Å²) < 4.78 is 0. The Morgan fingerprint density at radius 3 is 2.85 bits per heavy atom. The van der Waals surface area contributed by atoms with Gasteiger partial charge in [0.1, 0.15) is 0 Å². The van der Waals surface area contributed by atoms with E-state index in [4.69, 9.17) is 0 Å². The molecular formula is C12H21N. The maximum Gasteiger partial charge on any atom is 0.0303 e. The van der Waals surface area contributed by atoms with Gasteiger partial charge in [0.25, 0.3) is 0 Å². The Balaban J connectivity index is 1.96. The van der Waals surface area contributed by atoms with Gasteiger partial charge in [0, 0.05) is 12.6 Å². The molecule has 0 amide bonds. The summed E-state index contributed by atoms with van der Waals surface area (Å²) in [7, 11) is 2.28. The molecule has 74 valence electrons. The molecule has 2 bridgehead atoms. The van der Waals surface area contributed by atoms with E-state index in [1.165, 1.54) is 32.2 Å². The number of fused-ring (bicyclic) bond motifs is 2. The van der Waals surface area contributed by atoms with E-state index in [1.807, 2.05) is 0 Å². The minimum Gasteiger partial charge on any atom is -0.299 e. The largest absolute Gasteiger partial charge is 0.299 e. The van der Waals surface area contributed by atoms with E-state index in [0.717, 1.165) is 17.9 Å². The van der Waals surface area contributed by atoms with Crippen LogP contribution >= 0.6 is 0 Å². The molecular weight excluding hydrogens is 158 g/mol. The molecule has 0 aromatic rings. The Morgan fingerprint density at radius 2 is 2.23 bits per heavy atom. The first-order valence-corrected chi connectivity index (χ1v) is 5.70. The average Bonchev–Trinajstić information content (AvgIpc) is 2.15. The molecule has 0 radical (unpaired) electrons. The van der Waals surface area contributed by atoms with Crippen LogP contribution in [0.5, 0.6) is 0 Å². The molecule has 1 heteroatoms. The van der Waals surface area contributed by atoms with Crippen LogP contribution in [0.2, 0.25) is 0 Å². The molecule has 2 aliphatic heterocycles. The zero-order chi connectivity index (χ0) is 9.26. The van der Waals surface area contributed by atoms with Gasteiger partial charge < -0.3 is 0 Å². The van der Waals surface area contributed by atoms with E-state index >= 15 is 0 Å². The lowest BCUT2D eigenvalue weighted by molar-refractivity contribution is 0.103. The first-order valence-electron chi connectivity index (χ1n) is 5.70. The van der Waals surface area contributed by atoms with Crippen LogP contribution in [-0.4, -0.2) is 24.5 Å².